The molecule has 0 aromatic heterocycles. The predicted octanol–water partition coefficient (Wildman–Crippen LogP) is 2.06. The Balaban J connectivity index is 2.19. The summed E-state index contributed by atoms with van der Waals surface area (Å²) in [6.45, 7) is 4.08. The maximum Gasteiger partial charge on any atom is 0.337 e. The maximum atomic E-state index is 12.1. The summed E-state index contributed by atoms with van der Waals surface area (Å²) < 4.78 is 5.36. The molecule has 2 N–H and O–H groups in total. The maximum absolute atomic E-state index is 12.1. The molecule has 1 aliphatic heterocycles. The largest absolute Gasteiger partial charge is 0.478 e. The molecule has 5 heteroatoms. The summed E-state index contributed by atoms with van der Waals surface area (Å²) in [7, 11) is 0. The van der Waals surface area contributed by atoms with E-state index in [0.29, 0.717) is 18.7 Å². The molecule has 1 aromatic rings. The van der Waals surface area contributed by atoms with Crippen molar-refractivity contribution in [2.45, 2.75) is 26.4 Å². The molecule has 0 saturated carbocycles. The van der Waals surface area contributed by atoms with Gasteiger partial charge in [-0.3, -0.25) is 4.79 Å². The molecule has 102 valence electrons. The van der Waals surface area contributed by atoms with E-state index >= 15 is 0 Å². The molecule has 1 aromatic carbocycles. The summed E-state index contributed by atoms with van der Waals surface area (Å²) in [6.07, 6.45) is 0.742. The van der Waals surface area contributed by atoms with E-state index in [-0.39, 0.29) is 23.5 Å². The molecule has 1 fully saturated rings. The normalized spacial score (nSPS) is 22.2. The van der Waals surface area contributed by atoms with Crippen LogP contribution in [-0.4, -0.2) is 29.7 Å². The van der Waals surface area contributed by atoms with E-state index in [0.717, 1.165) is 5.56 Å². The SMILES string of the molecule is Cc1cccc(C(=O)O)c1NC(=O)C1COC(C)C1. The van der Waals surface area contributed by atoms with E-state index in [4.69, 9.17) is 9.84 Å². The Labute approximate surface area is 111 Å². The molecular formula is C14H17NO4. The van der Waals surface area contributed by atoms with E-state index in [2.05, 4.69) is 5.32 Å². The van der Waals surface area contributed by atoms with Gasteiger partial charge in [0, 0.05) is 0 Å². The standard InChI is InChI=1S/C14H17NO4/c1-8-4-3-5-11(14(17)18)12(8)15-13(16)10-6-9(2)19-7-10/h3-5,9-10H,6-7H2,1-2H3,(H,15,16)(H,17,18). The van der Waals surface area contributed by atoms with Gasteiger partial charge in [0.1, 0.15) is 0 Å². The number of ether oxygens (including phenoxy) is 1. The second-order valence-corrected chi connectivity index (χ2v) is 4.87. The summed E-state index contributed by atoms with van der Waals surface area (Å²) in [5, 5.41) is 11.9. The Kier molecular flexibility index (Phi) is 3.85. The van der Waals surface area contributed by atoms with Crippen molar-refractivity contribution < 1.29 is 19.4 Å². The van der Waals surface area contributed by atoms with Crippen molar-refractivity contribution in [3.8, 4) is 0 Å². The van der Waals surface area contributed by atoms with Crippen molar-refractivity contribution in [3.05, 3.63) is 29.3 Å². The number of carbonyl (C=O) groups is 2. The average Bonchev–Trinajstić information content (AvgIpc) is 2.78. The zero-order chi connectivity index (χ0) is 14.0. The van der Waals surface area contributed by atoms with Gasteiger partial charge in [0.2, 0.25) is 5.91 Å². The lowest BCUT2D eigenvalue weighted by atomic mass is 10.0. The van der Waals surface area contributed by atoms with Gasteiger partial charge in [-0.05, 0) is 31.9 Å². The van der Waals surface area contributed by atoms with Gasteiger partial charge in [0.25, 0.3) is 0 Å². The van der Waals surface area contributed by atoms with Gasteiger partial charge in [-0.2, -0.15) is 0 Å². The molecule has 1 heterocycles. The number of carboxylic acid groups (broad SMARTS) is 1. The molecule has 1 aliphatic rings. The summed E-state index contributed by atoms with van der Waals surface area (Å²) in [6, 6.07) is 4.92. The fraction of sp³-hybridized carbons (Fsp3) is 0.429. The van der Waals surface area contributed by atoms with Gasteiger partial charge < -0.3 is 15.2 Å². The minimum absolute atomic E-state index is 0.0755. The van der Waals surface area contributed by atoms with E-state index in [9.17, 15) is 9.59 Å². The summed E-state index contributed by atoms with van der Waals surface area (Å²) in [5.74, 6) is -1.44. The van der Waals surface area contributed by atoms with Gasteiger partial charge in [-0.1, -0.05) is 12.1 Å². The topological polar surface area (TPSA) is 75.6 Å². The summed E-state index contributed by atoms with van der Waals surface area (Å²) >= 11 is 0. The fourth-order valence-electron chi connectivity index (χ4n) is 2.24. The lowest BCUT2D eigenvalue weighted by molar-refractivity contribution is -0.119. The minimum atomic E-state index is -1.05. The monoisotopic (exact) mass is 263 g/mol. The van der Waals surface area contributed by atoms with Crippen molar-refractivity contribution in [3.63, 3.8) is 0 Å². The first-order valence-corrected chi connectivity index (χ1v) is 6.24. The average molecular weight is 263 g/mol. The molecular weight excluding hydrogens is 246 g/mol. The van der Waals surface area contributed by atoms with Gasteiger partial charge in [-0.25, -0.2) is 4.79 Å². The first kappa shape index (κ1) is 13.5. The summed E-state index contributed by atoms with van der Waals surface area (Å²) in [5.41, 5.74) is 1.22. The van der Waals surface area contributed by atoms with Crippen LogP contribution in [0, 0.1) is 12.8 Å². The van der Waals surface area contributed by atoms with Gasteiger partial charge >= 0.3 is 5.97 Å². The molecule has 0 radical (unpaired) electrons. The Morgan fingerprint density at radius 1 is 1.42 bits per heavy atom. The lowest BCUT2D eigenvalue weighted by Gasteiger charge is -2.14. The number of para-hydroxylation sites is 1. The number of aromatic carboxylic acids is 1. The number of aryl methyl sites for hydroxylation is 1. The number of rotatable bonds is 3. The molecule has 1 amide bonds. The lowest BCUT2D eigenvalue weighted by Crippen LogP contribution is -2.24. The van der Waals surface area contributed by atoms with Crippen LogP contribution in [0.15, 0.2) is 18.2 Å². The highest BCUT2D eigenvalue weighted by molar-refractivity contribution is 6.02. The summed E-state index contributed by atoms with van der Waals surface area (Å²) in [4.78, 5) is 23.3. The Bertz CT molecular complexity index is 512. The smallest absolute Gasteiger partial charge is 0.337 e. The number of anilines is 1. The van der Waals surface area contributed by atoms with E-state index in [1.54, 1.807) is 19.1 Å². The molecule has 1 saturated heterocycles. The number of hydrogen-bond donors (Lipinski definition) is 2. The molecule has 5 nitrogen and oxygen atoms in total. The van der Waals surface area contributed by atoms with Crippen LogP contribution < -0.4 is 5.32 Å². The van der Waals surface area contributed by atoms with Gasteiger partial charge in [-0.15, -0.1) is 0 Å². The van der Waals surface area contributed by atoms with Gasteiger partial charge in [0.15, 0.2) is 0 Å². The van der Waals surface area contributed by atoms with Crippen LogP contribution in [0.4, 0.5) is 5.69 Å². The van der Waals surface area contributed by atoms with Crippen LogP contribution in [0.2, 0.25) is 0 Å². The highest BCUT2D eigenvalue weighted by Crippen LogP contribution is 2.24. The second kappa shape index (κ2) is 5.40. The molecule has 0 bridgehead atoms. The first-order valence-electron chi connectivity index (χ1n) is 6.24. The molecule has 19 heavy (non-hydrogen) atoms. The number of benzene rings is 1. The van der Waals surface area contributed by atoms with Crippen molar-refractivity contribution in [2.75, 3.05) is 11.9 Å². The fourth-order valence-corrected chi connectivity index (χ4v) is 2.24. The van der Waals surface area contributed by atoms with Crippen LogP contribution >= 0.6 is 0 Å². The first-order chi connectivity index (χ1) is 8.99. The van der Waals surface area contributed by atoms with E-state index in [1.807, 2.05) is 6.92 Å². The Hall–Kier alpha value is -1.88. The third kappa shape index (κ3) is 2.93. The van der Waals surface area contributed by atoms with Crippen LogP contribution in [0.5, 0.6) is 0 Å². The number of amides is 1. The Morgan fingerprint density at radius 3 is 2.74 bits per heavy atom. The highest BCUT2D eigenvalue weighted by Gasteiger charge is 2.29. The third-order valence-electron chi connectivity index (χ3n) is 3.32. The van der Waals surface area contributed by atoms with Crippen molar-refractivity contribution >= 4 is 17.6 Å². The van der Waals surface area contributed by atoms with Crippen molar-refractivity contribution in [1.29, 1.82) is 0 Å². The number of hydrogen-bond acceptors (Lipinski definition) is 3. The minimum Gasteiger partial charge on any atom is -0.478 e. The third-order valence-corrected chi connectivity index (χ3v) is 3.32. The molecule has 2 rings (SSSR count). The van der Waals surface area contributed by atoms with Crippen molar-refractivity contribution in [1.82, 2.24) is 0 Å². The van der Waals surface area contributed by atoms with Crippen LogP contribution in [-0.2, 0) is 9.53 Å². The zero-order valence-corrected chi connectivity index (χ0v) is 11.0. The zero-order valence-electron chi connectivity index (χ0n) is 11.0. The molecule has 0 spiro atoms. The number of nitrogens with one attached hydrogen (secondary N) is 1. The van der Waals surface area contributed by atoms with Crippen LogP contribution in [0.25, 0.3) is 0 Å². The van der Waals surface area contributed by atoms with E-state index < -0.39 is 5.97 Å². The van der Waals surface area contributed by atoms with Gasteiger partial charge in [0.05, 0.1) is 29.9 Å². The highest BCUT2D eigenvalue weighted by atomic mass is 16.5. The molecule has 0 aliphatic carbocycles. The van der Waals surface area contributed by atoms with Crippen molar-refractivity contribution in [2.24, 2.45) is 5.92 Å². The number of carboxylic acids is 1. The van der Waals surface area contributed by atoms with Crippen LogP contribution in [0.3, 0.4) is 0 Å². The van der Waals surface area contributed by atoms with Crippen LogP contribution in [0.1, 0.15) is 29.3 Å². The number of carbonyl (C=O) groups excluding carboxylic acids is 1. The van der Waals surface area contributed by atoms with E-state index in [1.165, 1.54) is 6.07 Å². The molecule has 2 unspecified atom stereocenters. The predicted molar refractivity (Wildman–Crippen MR) is 70.3 cm³/mol. The molecule has 2 atom stereocenters. The Morgan fingerprint density at radius 2 is 2.16 bits per heavy atom. The quantitative estimate of drug-likeness (QED) is 0.875. The second-order valence-electron chi connectivity index (χ2n) is 4.87.